The van der Waals surface area contributed by atoms with Crippen LogP contribution >= 0.6 is 0 Å². The molecule has 3 nitrogen and oxygen atoms in total. The minimum atomic E-state index is -1.23. The number of fused-ring (bicyclic) bond motifs is 1. The number of para-hydroxylation sites is 1. The van der Waals surface area contributed by atoms with Crippen molar-refractivity contribution in [2.24, 2.45) is 0 Å². The maximum Gasteiger partial charge on any atom is 0.153 e. The molecule has 0 fully saturated rings. The van der Waals surface area contributed by atoms with Gasteiger partial charge < -0.3 is 10.0 Å². The Hall–Kier alpha value is -2.13. The van der Waals surface area contributed by atoms with E-state index in [-0.39, 0.29) is 5.84 Å². The molecule has 0 aromatic heterocycles. The van der Waals surface area contributed by atoms with E-state index >= 15 is 0 Å². The van der Waals surface area contributed by atoms with Crippen LogP contribution in [0.4, 0.5) is 5.69 Å². The first kappa shape index (κ1) is 11.9. The molecule has 3 heteroatoms. The predicted octanol–water partition coefficient (Wildman–Crippen LogP) is 2.54. The molecule has 0 amide bonds. The SMILES string of the molecule is CN1C(=N)[C@@](O)(Cc2ccccc2)c2ccccc21. The molecule has 0 radical (unpaired) electrons. The third kappa shape index (κ3) is 1.74. The largest absolute Gasteiger partial charge is 0.377 e. The Kier molecular flexibility index (Phi) is 2.64. The number of hydrogen-bond acceptors (Lipinski definition) is 2. The van der Waals surface area contributed by atoms with E-state index in [1.54, 1.807) is 4.90 Å². The summed E-state index contributed by atoms with van der Waals surface area (Å²) in [5.41, 5.74) is 1.52. The van der Waals surface area contributed by atoms with E-state index in [4.69, 9.17) is 5.41 Å². The first-order chi connectivity index (χ1) is 9.13. The maximum absolute atomic E-state index is 11.0. The Morgan fingerprint density at radius 2 is 1.68 bits per heavy atom. The summed E-state index contributed by atoms with van der Waals surface area (Å²) < 4.78 is 0. The van der Waals surface area contributed by atoms with E-state index in [1.165, 1.54) is 0 Å². The molecule has 1 aliphatic heterocycles. The van der Waals surface area contributed by atoms with Crippen LogP contribution in [0, 0.1) is 5.41 Å². The monoisotopic (exact) mass is 252 g/mol. The third-order valence-corrected chi connectivity index (χ3v) is 3.74. The maximum atomic E-state index is 11.0. The fraction of sp³-hybridized carbons (Fsp3) is 0.188. The zero-order valence-corrected chi connectivity index (χ0v) is 10.8. The highest BCUT2D eigenvalue weighted by molar-refractivity contribution is 6.08. The molecule has 19 heavy (non-hydrogen) atoms. The van der Waals surface area contributed by atoms with Crippen molar-refractivity contribution < 1.29 is 5.11 Å². The van der Waals surface area contributed by atoms with Gasteiger partial charge in [0.05, 0.1) is 0 Å². The molecule has 2 aromatic carbocycles. The molecule has 0 saturated heterocycles. The topological polar surface area (TPSA) is 47.3 Å². The van der Waals surface area contributed by atoms with Gasteiger partial charge in [-0.3, -0.25) is 5.41 Å². The van der Waals surface area contributed by atoms with Gasteiger partial charge in [-0.2, -0.15) is 0 Å². The second kappa shape index (κ2) is 4.21. The summed E-state index contributed by atoms with van der Waals surface area (Å²) in [5, 5.41) is 19.2. The van der Waals surface area contributed by atoms with E-state index in [1.807, 2.05) is 61.6 Å². The average molecular weight is 252 g/mol. The molecule has 0 spiro atoms. The first-order valence-corrected chi connectivity index (χ1v) is 6.31. The van der Waals surface area contributed by atoms with Gasteiger partial charge in [-0.05, 0) is 11.6 Å². The van der Waals surface area contributed by atoms with Crippen LogP contribution in [-0.4, -0.2) is 18.0 Å². The summed E-state index contributed by atoms with van der Waals surface area (Å²) in [6, 6.07) is 17.5. The molecular weight excluding hydrogens is 236 g/mol. The molecule has 2 N–H and O–H groups in total. The van der Waals surface area contributed by atoms with E-state index in [2.05, 4.69) is 0 Å². The van der Waals surface area contributed by atoms with Gasteiger partial charge in [0, 0.05) is 24.7 Å². The Morgan fingerprint density at radius 1 is 1.05 bits per heavy atom. The summed E-state index contributed by atoms with van der Waals surface area (Å²) in [7, 11) is 1.82. The van der Waals surface area contributed by atoms with Gasteiger partial charge in [0.1, 0.15) is 5.84 Å². The molecule has 0 bridgehead atoms. The Labute approximate surface area is 112 Å². The van der Waals surface area contributed by atoms with Crippen molar-refractivity contribution >= 4 is 11.5 Å². The second-order valence-electron chi connectivity index (χ2n) is 4.95. The fourth-order valence-corrected chi connectivity index (χ4v) is 2.71. The van der Waals surface area contributed by atoms with Gasteiger partial charge in [0.25, 0.3) is 0 Å². The van der Waals surface area contributed by atoms with Crippen molar-refractivity contribution in [3.63, 3.8) is 0 Å². The lowest BCUT2D eigenvalue weighted by Gasteiger charge is -2.24. The highest BCUT2D eigenvalue weighted by Gasteiger charge is 2.45. The quantitative estimate of drug-likeness (QED) is 0.863. The van der Waals surface area contributed by atoms with E-state index < -0.39 is 5.60 Å². The van der Waals surface area contributed by atoms with Gasteiger partial charge in [0.2, 0.25) is 0 Å². The Morgan fingerprint density at radius 3 is 2.42 bits per heavy atom. The third-order valence-electron chi connectivity index (χ3n) is 3.74. The van der Waals surface area contributed by atoms with Crippen molar-refractivity contribution in [3.05, 3.63) is 65.7 Å². The highest BCUT2D eigenvalue weighted by Crippen LogP contribution is 2.41. The zero-order valence-electron chi connectivity index (χ0n) is 10.8. The molecule has 96 valence electrons. The lowest BCUT2D eigenvalue weighted by atomic mass is 9.88. The van der Waals surface area contributed by atoms with Crippen LogP contribution in [0.15, 0.2) is 54.6 Å². The van der Waals surface area contributed by atoms with E-state index in [0.717, 1.165) is 16.8 Å². The molecule has 0 saturated carbocycles. The standard InChI is InChI=1S/C16H16N2O/c1-18-14-10-6-5-9-13(14)16(19,15(18)17)11-12-7-3-2-4-8-12/h2-10,17,19H,11H2,1H3/t16-/m1/s1. The zero-order chi connectivity index (χ0) is 13.5. The molecular formula is C16H16N2O. The van der Waals surface area contributed by atoms with Crippen LogP contribution in [0.3, 0.4) is 0 Å². The summed E-state index contributed by atoms with van der Waals surface area (Å²) in [6.07, 6.45) is 0.425. The van der Waals surface area contributed by atoms with E-state index in [9.17, 15) is 5.11 Å². The van der Waals surface area contributed by atoms with Crippen molar-refractivity contribution in [1.29, 1.82) is 5.41 Å². The van der Waals surface area contributed by atoms with Crippen LogP contribution < -0.4 is 4.90 Å². The lowest BCUT2D eigenvalue weighted by Crippen LogP contribution is -2.39. The van der Waals surface area contributed by atoms with Crippen LogP contribution in [-0.2, 0) is 12.0 Å². The van der Waals surface area contributed by atoms with Crippen LogP contribution in [0.1, 0.15) is 11.1 Å². The number of nitrogens with zero attached hydrogens (tertiary/aromatic N) is 1. The normalized spacial score (nSPS) is 21.6. The minimum absolute atomic E-state index is 0.234. The van der Waals surface area contributed by atoms with Gasteiger partial charge >= 0.3 is 0 Å². The number of benzene rings is 2. The first-order valence-electron chi connectivity index (χ1n) is 6.31. The number of hydrogen-bond donors (Lipinski definition) is 2. The summed E-state index contributed by atoms with van der Waals surface area (Å²) in [4.78, 5) is 1.75. The van der Waals surface area contributed by atoms with Crippen molar-refractivity contribution in [1.82, 2.24) is 0 Å². The number of likely N-dealkylation sites (N-methyl/N-ethyl adjacent to an activating group) is 1. The van der Waals surface area contributed by atoms with Crippen molar-refractivity contribution in [3.8, 4) is 0 Å². The number of amidine groups is 1. The number of anilines is 1. The van der Waals surface area contributed by atoms with Crippen molar-refractivity contribution in [2.75, 3.05) is 11.9 Å². The number of nitrogens with one attached hydrogen (secondary N) is 1. The number of rotatable bonds is 2. The summed E-state index contributed by atoms with van der Waals surface area (Å²) in [6.45, 7) is 0. The molecule has 3 rings (SSSR count). The number of aliphatic hydroxyl groups is 1. The molecule has 1 heterocycles. The predicted molar refractivity (Wildman–Crippen MR) is 76.6 cm³/mol. The summed E-state index contributed by atoms with van der Waals surface area (Å²) in [5.74, 6) is 0.234. The second-order valence-corrected chi connectivity index (χ2v) is 4.95. The fourth-order valence-electron chi connectivity index (χ4n) is 2.71. The molecule has 0 unspecified atom stereocenters. The van der Waals surface area contributed by atoms with Gasteiger partial charge in [-0.25, -0.2) is 0 Å². The highest BCUT2D eigenvalue weighted by atomic mass is 16.3. The Balaban J connectivity index is 2.06. The average Bonchev–Trinajstić information content (AvgIpc) is 2.63. The van der Waals surface area contributed by atoms with Crippen LogP contribution in [0.5, 0.6) is 0 Å². The van der Waals surface area contributed by atoms with Crippen molar-refractivity contribution in [2.45, 2.75) is 12.0 Å². The van der Waals surface area contributed by atoms with Crippen LogP contribution in [0.25, 0.3) is 0 Å². The van der Waals surface area contributed by atoms with Gasteiger partial charge in [-0.1, -0.05) is 48.5 Å². The smallest absolute Gasteiger partial charge is 0.153 e. The molecule has 0 aliphatic carbocycles. The van der Waals surface area contributed by atoms with Crippen LogP contribution in [0.2, 0.25) is 0 Å². The van der Waals surface area contributed by atoms with Gasteiger partial charge in [0.15, 0.2) is 5.60 Å². The lowest BCUT2D eigenvalue weighted by molar-refractivity contribution is 0.114. The summed E-state index contributed by atoms with van der Waals surface area (Å²) >= 11 is 0. The van der Waals surface area contributed by atoms with E-state index in [0.29, 0.717) is 6.42 Å². The minimum Gasteiger partial charge on any atom is -0.377 e. The molecule has 1 atom stereocenters. The molecule has 1 aliphatic rings. The Bertz CT molecular complexity index is 624. The van der Waals surface area contributed by atoms with Gasteiger partial charge in [-0.15, -0.1) is 0 Å². The molecule has 2 aromatic rings.